The Bertz CT molecular complexity index is 1440. The van der Waals surface area contributed by atoms with Gasteiger partial charge in [0.1, 0.15) is 0 Å². The minimum absolute atomic E-state index is 0.407. The van der Waals surface area contributed by atoms with E-state index in [9.17, 15) is 5.11 Å². The van der Waals surface area contributed by atoms with E-state index in [2.05, 4.69) is 52.3 Å². The van der Waals surface area contributed by atoms with Crippen LogP contribution in [-0.2, 0) is 5.60 Å². The quantitative estimate of drug-likeness (QED) is 0.279. The number of benzene rings is 4. The number of nitrogens with zero attached hydrogens (tertiary/aromatic N) is 1. The van der Waals surface area contributed by atoms with Crippen LogP contribution in [-0.4, -0.2) is 17.2 Å². The van der Waals surface area contributed by atoms with Gasteiger partial charge in [-0.05, 0) is 53.1 Å². The summed E-state index contributed by atoms with van der Waals surface area (Å²) in [5.74, 6) is 0.106. The average Bonchev–Trinajstić information content (AvgIpc) is 2.84. The van der Waals surface area contributed by atoms with Gasteiger partial charge in [0, 0.05) is 21.3 Å². The Balaban J connectivity index is 1.81. The maximum atomic E-state index is 12.3. The fraction of sp³-hybridized carbons (Fsp3) is 0.138. The van der Waals surface area contributed by atoms with Crippen molar-refractivity contribution in [3.63, 3.8) is 0 Å². The van der Waals surface area contributed by atoms with Crippen LogP contribution in [0.1, 0.15) is 29.5 Å². The van der Waals surface area contributed by atoms with Gasteiger partial charge in [0.2, 0.25) is 5.88 Å². The Morgan fingerprint density at radius 2 is 1.58 bits per heavy atom. The molecule has 0 saturated carbocycles. The summed E-state index contributed by atoms with van der Waals surface area (Å²) in [7, 11) is 1.63. The van der Waals surface area contributed by atoms with Crippen LogP contribution in [0.4, 0.5) is 0 Å². The van der Waals surface area contributed by atoms with Crippen molar-refractivity contribution in [1.29, 1.82) is 0 Å². The fourth-order valence-corrected chi connectivity index (χ4v) is 5.17. The van der Waals surface area contributed by atoms with Crippen LogP contribution in [0.5, 0.6) is 5.88 Å². The number of aromatic nitrogens is 1. The van der Waals surface area contributed by atoms with Gasteiger partial charge in [0.15, 0.2) is 0 Å². The Kier molecular flexibility index (Phi) is 5.65. The highest BCUT2D eigenvalue weighted by Gasteiger charge is 2.39. The van der Waals surface area contributed by atoms with E-state index < -0.39 is 11.5 Å². The molecule has 0 bridgehead atoms. The highest BCUT2D eigenvalue weighted by Crippen LogP contribution is 2.46. The van der Waals surface area contributed by atoms with Crippen LogP contribution in [0.2, 0.25) is 0 Å². The maximum Gasteiger partial charge on any atom is 0.217 e. The van der Waals surface area contributed by atoms with Crippen molar-refractivity contribution in [3.8, 4) is 5.88 Å². The van der Waals surface area contributed by atoms with Gasteiger partial charge in [-0.25, -0.2) is 4.98 Å². The monoisotopic (exact) mass is 497 g/mol. The Hall–Kier alpha value is -3.21. The lowest BCUT2D eigenvalue weighted by atomic mass is 9.73. The standard InChI is InChI=1S/C29H24BrNO2/c1-29(32,25-14-8-12-19-9-6-7-13-23(19)25)27(20-10-4-3-5-11-20)24-18-21-17-22(30)15-16-26(21)31-28(24)33-2/h3-18,27,32H,1-2H3/t27-,29-/m1/s1. The summed E-state index contributed by atoms with van der Waals surface area (Å²) < 4.78 is 6.75. The molecule has 0 aliphatic rings. The van der Waals surface area contributed by atoms with Crippen molar-refractivity contribution in [3.05, 3.63) is 118 Å². The topological polar surface area (TPSA) is 42.4 Å². The van der Waals surface area contributed by atoms with Gasteiger partial charge in [0.05, 0.1) is 18.2 Å². The summed E-state index contributed by atoms with van der Waals surface area (Å²) in [6.07, 6.45) is 0. The Morgan fingerprint density at radius 1 is 0.848 bits per heavy atom. The highest BCUT2D eigenvalue weighted by molar-refractivity contribution is 9.10. The van der Waals surface area contributed by atoms with E-state index >= 15 is 0 Å². The minimum Gasteiger partial charge on any atom is -0.481 e. The van der Waals surface area contributed by atoms with Crippen molar-refractivity contribution in [2.75, 3.05) is 7.11 Å². The molecule has 1 aromatic heterocycles. The number of aliphatic hydroxyl groups is 1. The highest BCUT2D eigenvalue weighted by atomic mass is 79.9. The number of hydrogen-bond donors (Lipinski definition) is 1. The van der Waals surface area contributed by atoms with Crippen molar-refractivity contribution < 1.29 is 9.84 Å². The summed E-state index contributed by atoms with van der Waals surface area (Å²) in [6.45, 7) is 1.89. The molecule has 0 saturated heterocycles. The zero-order valence-corrected chi connectivity index (χ0v) is 20.1. The third-order valence-electron chi connectivity index (χ3n) is 6.30. The molecule has 1 heterocycles. The smallest absolute Gasteiger partial charge is 0.217 e. The molecule has 0 radical (unpaired) electrons. The first-order valence-electron chi connectivity index (χ1n) is 10.9. The molecule has 4 aromatic carbocycles. The van der Waals surface area contributed by atoms with Gasteiger partial charge in [-0.15, -0.1) is 0 Å². The summed E-state index contributed by atoms with van der Waals surface area (Å²) in [4.78, 5) is 4.80. The van der Waals surface area contributed by atoms with Crippen LogP contribution in [0.25, 0.3) is 21.7 Å². The number of pyridine rings is 1. The van der Waals surface area contributed by atoms with Gasteiger partial charge in [0.25, 0.3) is 0 Å². The number of halogens is 1. The lowest BCUT2D eigenvalue weighted by Crippen LogP contribution is -2.31. The molecule has 1 N–H and O–H groups in total. The van der Waals surface area contributed by atoms with Gasteiger partial charge < -0.3 is 9.84 Å². The first-order chi connectivity index (χ1) is 16.0. The molecule has 0 fully saturated rings. The van der Waals surface area contributed by atoms with E-state index in [0.717, 1.165) is 42.8 Å². The molecule has 5 rings (SSSR count). The SMILES string of the molecule is COc1nc2ccc(Br)cc2cc1[C@@H](c1ccccc1)[C@](C)(O)c1cccc2ccccc12. The van der Waals surface area contributed by atoms with Crippen LogP contribution < -0.4 is 4.74 Å². The predicted octanol–water partition coefficient (Wildman–Crippen LogP) is 7.20. The minimum atomic E-state index is -1.24. The second-order valence-corrected chi connectivity index (χ2v) is 9.36. The molecule has 3 nitrogen and oxygen atoms in total. The van der Waals surface area contributed by atoms with E-state index in [1.165, 1.54) is 0 Å². The van der Waals surface area contributed by atoms with Gasteiger partial charge in [-0.3, -0.25) is 0 Å². The van der Waals surface area contributed by atoms with Crippen molar-refractivity contribution >= 4 is 37.6 Å². The summed E-state index contributed by atoms with van der Waals surface area (Å²) >= 11 is 3.57. The number of hydrogen-bond acceptors (Lipinski definition) is 3. The number of rotatable bonds is 5. The third-order valence-corrected chi connectivity index (χ3v) is 6.80. The van der Waals surface area contributed by atoms with Crippen LogP contribution >= 0.6 is 15.9 Å². The number of ether oxygens (including phenoxy) is 1. The molecule has 164 valence electrons. The van der Waals surface area contributed by atoms with E-state index in [-0.39, 0.29) is 0 Å². The van der Waals surface area contributed by atoms with E-state index in [0.29, 0.717) is 5.88 Å². The van der Waals surface area contributed by atoms with Gasteiger partial charge in [-0.2, -0.15) is 0 Å². The lowest BCUT2D eigenvalue weighted by molar-refractivity contribution is 0.0399. The molecule has 4 heteroatoms. The summed E-state index contributed by atoms with van der Waals surface area (Å²) in [6, 6.07) is 32.4. The molecule has 0 spiro atoms. The second kappa shape index (κ2) is 8.62. The van der Waals surface area contributed by atoms with E-state index in [1.54, 1.807) is 7.11 Å². The first-order valence-corrected chi connectivity index (χ1v) is 11.7. The van der Waals surface area contributed by atoms with Gasteiger partial charge in [-0.1, -0.05) is 88.7 Å². The predicted molar refractivity (Wildman–Crippen MR) is 138 cm³/mol. The second-order valence-electron chi connectivity index (χ2n) is 8.44. The molecular formula is C29H24BrNO2. The molecule has 0 aliphatic carbocycles. The summed E-state index contributed by atoms with van der Waals surface area (Å²) in [5.41, 5.74) is 2.30. The van der Waals surface area contributed by atoms with Crippen LogP contribution in [0, 0.1) is 0 Å². The van der Waals surface area contributed by atoms with Crippen LogP contribution in [0.15, 0.2) is 102 Å². The third kappa shape index (κ3) is 3.90. The first kappa shape index (κ1) is 21.6. The normalized spacial score (nSPS) is 14.2. The molecule has 0 aliphatic heterocycles. The van der Waals surface area contributed by atoms with Crippen molar-refractivity contribution in [2.45, 2.75) is 18.4 Å². The lowest BCUT2D eigenvalue weighted by Gasteiger charge is -2.35. The van der Waals surface area contributed by atoms with Crippen molar-refractivity contribution in [1.82, 2.24) is 4.98 Å². The Morgan fingerprint density at radius 3 is 2.36 bits per heavy atom. The molecule has 33 heavy (non-hydrogen) atoms. The fourth-order valence-electron chi connectivity index (χ4n) is 4.79. The number of methoxy groups -OCH3 is 1. The van der Waals surface area contributed by atoms with E-state index in [4.69, 9.17) is 9.72 Å². The largest absolute Gasteiger partial charge is 0.481 e. The zero-order chi connectivity index (χ0) is 23.0. The number of fused-ring (bicyclic) bond motifs is 2. The maximum absolute atomic E-state index is 12.3. The Labute approximate surface area is 201 Å². The molecule has 5 aromatic rings. The zero-order valence-electron chi connectivity index (χ0n) is 18.5. The molecule has 0 amide bonds. The van der Waals surface area contributed by atoms with Gasteiger partial charge >= 0.3 is 0 Å². The molecule has 0 unspecified atom stereocenters. The van der Waals surface area contributed by atoms with Crippen LogP contribution in [0.3, 0.4) is 0 Å². The molecule has 2 atom stereocenters. The summed E-state index contributed by atoms with van der Waals surface area (Å²) in [5, 5.41) is 15.4. The van der Waals surface area contributed by atoms with Crippen molar-refractivity contribution in [2.24, 2.45) is 0 Å². The average molecular weight is 498 g/mol. The molecular weight excluding hydrogens is 474 g/mol. The van der Waals surface area contributed by atoms with E-state index in [1.807, 2.05) is 67.6 Å².